The lowest BCUT2D eigenvalue weighted by Gasteiger charge is -2.38. The molecule has 2 aromatic rings. The molecular formula is C20H18O2. The Balaban J connectivity index is 1.83. The lowest BCUT2D eigenvalue weighted by atomic mass is 9.70. The quantitative estimate of drug-likeness (QED) is 0.735. The van der Waals surface area contributed by atoms with Gasteiger partial charge in [0.2, 0.25) is 0 Å². The summed E-state index contributed by atoms with van der Waals surface area (Å²) in [6.45, 7) is 0.709. The number of hydrogen-bond acceptors (Lipinski definition) is 2. The highest BCUT2D eigenvalue weighted by atomic mass is 16.5. The number of hydrogen-bond donors (Lipinski definition) is 0. The summed E-state index contributed by atoms with van der Waals surface area (Å²) in [6.07, 6.45) is 3.62. The first kappa shape index (κ1) is 13.3. The van der Waals surface area contributed by atoms with Gasteiger partial charge in [0.25, 0.3) is 0 Å². The summed E-state index contributed by atoms with van der Waals surface area (Å²) >= 11 is 0. The van der Waals surface area contributed by atoms with Crippen LogP contribution in [0.4, 0.5) is 0 Å². The van der Waals surface area contributed by atoms with E-state index < -0.39 is 0 Å². The van der Waals surface area contributed by atoms with Crippen LogP contribution in [-0.4, -0.2) is 12.4 Å². The van der Waals surface area contributed by atoms with Crippen LogP contribution in [0.2, 0.25) is 0 Å². The number of rotatable bonds is 1. The van der Waals surface area contributed by atoms with Gasteiger partial charge >= 0.3 is 0 Å². The van der Waals surface area contributed by atoms with Gasteiger partial charge in [0.15, 0.2) is 5.78 Å². The van der Waals surface area contributed by atoms with Crippen molar-refractivity contribution in [2.75, 3.05) is 6.61 Å². The molecule has 1 fully saturated rings. The van der Waals surface area contributed by atoms with Crippen molar-refractivity contribution in [2.45, 2.75) is 18.8 Å². The average molecular weight is 290 g/mol. The SMILES string of the molecule is O=C1CC[C@@H]2COc3ccccc3[C@H]2C1=Cc1ccccc1. The largest absolute Gasteiger partial charge is 0.493 e. The van der Waals surface area contributed by atoms with Crippen LogP contribution in [0.15, 0.2) is 60.2 Å². The molecule has 0 N–H and O–H groups in total. The zero-order valence-corrected chi connectivity index (χ0v) is 12.4. The van der Waals surface area contributed by atoms with Gasteiger partial charge in [-0.3, -0.25) is 4.79 Å². The monoisotopic (exact) mass is 290 g/mol. The third-order valence-corrected chi connectivity index (χ3v) is 4.70. The Bertz CT molecular complexity index is 730. The van der Waals surface area contributed by atoms with E-state index in [0.29, 0.717) is 18.9 Å². The molecule has 0 radical (unpaired) electrons. The standard InChI is InChI=1S/C20H18O2/c21-18-11-10-15-13-22-19-9-5-4-8-16(19)20(15)17(18)12-14-6-2-1-3-7-14/h1-9,12,15,20H,10-11,13H2/t15-,20+/m1/s1. The maximum Gasteiger partial charge on any atom is 0.159 e. The van der Waals surface area contributed by atoms with Crippen LogP contribution in [0.25, 0.3) is 6.08 Å². The van der Waals surface area contributed by atoms with E-state index in [0.717, 1.165) is 28.9 Å². The summed E-state index contributed by atoms with van der Waals surface area (Å²) in [5.74, 6) is 1.79. The molecule has 2 aromatic carbocycles. The maximum atomic E-state index is 12.6. The van der Waals surface area contributed by atoms with Crippen molar-refractivity contribution >= 4 is 11.9 Å². The van der Waals surface area contributed by atoms with E-state index in [4.69, 9.17) is 4.74 Å². The number of carbonyl (C=O) groups excluding carboxylic acids is 1. The van der Waals surface area contributed by atoms with Crippen molar-refractivity contribution in [3.05, 3.63) is 71.3 Å². The molecule has 1 saturated carbocycles. The van der Waals surface area contributed by atoms with Crippen LogP contribution in [0.1, 0.15) is 29.9 Å². The van der Waals surface area contributed by atoms with Gasteiger partial charge in [-0.05, 0) is 24.1 Å². The molecule has 2 aliphatic rings. The second-order valence-electron chi connectivity index (χ2n) is 6.06. The molecule has 22 heavy (non-hydrogen) atoms. The van der Waals surface area contributed by atoms with Crippen molar-refractivity contribution in [3.63, 3.8) is 0 Å². The van der Waals surface area contributed by atoms with Crippen LogP contribution in [-0.2, 0) is 4.79 Å². The number of allylic oxidation sites excluding steroid dienone is 1. The zero-order chi connectivity index (χ0) is 14.9. The highest BCUT2D eigenvalue weighted by molar-refractivity contribution is 6.02. The van der Waals surface area contributed by atoms with Crippen molar-refractivity contribution in [1.29, 1.82) is 0 Å². The topological polar surface area (TPSA) is 26.3 Å². The predicted octanol–water partition coefficient (Wildman–Crippen LogP) is 4.23. The second-order valence-corrected chi connectivity index (χ2v) is 6.06. The van der Waals surface area contributed by atoms with Crippen molar-refractivity contribution in [2.24, 2.45) is 5.92 Å². The first-order valence-corrected chi connectivity index (χ1v) is 7.84. The Morgan fingerprint density at radius 2 is 1.77 bits per heavy atom. The summed E-state index contributed by atoms with van der Waals surface area (Å²) in [5.41, 5.74) is 3.20. The number of para-hydroxylation sites is 1. The molecule has 0 aromatic heterocycles. The minimum atomic E-state index is 0.173. The third-order valence-electron chi connectivity index (χ3n) is 4.70. The Labute approximate surface area is 130 Å². The number of ether oxygens (including phenoxy) is 1. The van der Waals surface area contributed by atoms with E-state index in [9.17, 15) is 4.79 Å². The highest BCUT2D eigenvalue weighted by Crippen LogP contribution is 2.47. The van der Waals surface area contributed by atoms with Gasteiger partial charge in [-0.25, -0.2) is 0 Å². The van der Waals surface area contributed by atoms with Gasteiger partial charge in [0.1, 0.15) is 5.75 Å². The molecule has 2 atom stereocenters. The Hall–Kier alpha value is -2.35. The molecule has 0 bridgehead atoms. The molecule has 0 unspecified atom stereocenters. The number of Topliss-reactive ketones (excluding diaryl/α,β-unsaturated/α-hetero) is 1. The summed E-state index contributed by atoms with van der Waals surface area (Å²) in [5, 5.41) is 0. The number of ketones is 1. The summed E-state index contributed by atoms with van der Waals surface area (Å²) in [7, 11) is 0. The second kappa shape index (κ2) is 5.45. The van der Waals surface area contributed by atoms with Crippen LogP contribution in [0.5, 0.6) is 5.75 Å². The molecule has 2 nitrogen and oxygen atoms in total. The summed E-state index contributed by atoms with van der Waals surface area (Å²) < 4.78 is 5.89. The van der Waals surface area contributed by atoms with Gasteiger partial charge < -0.3 is 4.74 Å². The van der Waals surface area contributed by atoms with Crippen LogP contribution < -0.4 is 4.74 Å². The fraction of sp³-hybridized carbons (Fsp3) is 0.250. The predicted molar refractivity (Wildman–Crippen MR) is 86.8 cm³/mol. The lowest BCUT2D eigenvalue weighted by Crippen LogP contribution is -2.33. The normalized spacial score (nSPS) is 25.3. The lowest BCUT2D eigenvalue weighted by molar-refractivity contribution is -0.117. The van der Waals surface area contributed by atoms with E-state index in [1.807, 2.05) is 36.4 Å². The fourth-order valence-corrected chi connectivity index (χ4v) is 3.62. The van der Waals surface area contributed by atoms with Gasteiger partial charge in [0.05, 0.1) is 6.61 Å². The zero-order valence-electron chi connectivity index (χ0n) is 12.4. The van der Waals surface area contributed by atoms with E-state index in [1.54, 1.807) is 0 Å². The van der Waals surface area contributed by atoms with E-state index >= 15 is 0 Å². The van der Waals surface area contributed by atoms with E-state index in [-0.39, 0.29) is 11.7 Å². The Kier molecular flexibility index (Phi) is 3.30. The molecule has 0 spiro atoms. The molecular weight excluding hydrogens is 272 g/mol. The molecule has 1 aliphatic heterocycles. The summed E-state index contributed by atoms with van der Waals surface area (Å²) in [4.78, 5) is 12.6. The molecule has 4 rings (SSSR count). The Morgan fingerprint density at radius 3 is 2.64 bits per heavy atom. The molecule has 0 saturated heterocycles. The molecule has 1 aliphatic carbocycles. The Morgan fingerprint density at radius 1 is 1.00 bits per heavy atom. The summed E-state index contributed by atoms with van der Waals surface area (Å²) in [6, 6.07) is 18.2. The first-order valence-electron chi connectivity index (χ1n) is 7.84. The average Bonchev–Trinajstić information content (AvgIpc) is 2.58. The van der Waals surface area contributed by atoms with Gasteiger partial charge in [-0.15, -0.1) is 0 Å². The van der Waals surface area contributed by atoms with Crippen LogP contribution in [0.3, 0.4) is 0 Å². The first-order chi connectivity index (χ1) is 10.8. The van der Waals surface area contributed by atoms with Crippen molar-refractivity contribution in [1.82, 2.24) is 0 Å². The number of fused-ring (bicyclic) bond motifs is 3. The van der Waals surface area contributed by atoms with Gasteiger partial charge in [-0.1, -0.05) is 48.5 Å². The van der Waals surface area contributed by atoms with Crippen LogP contribution >= 0.6 is 0 Å². The molecule has 1 heterocycles. The fourth-order valence-electron chi connectivity index (χ4n) is 3.62. The molecule has 110 valence electrons. The number of carbonyl (C=O) groups is 1. The number of benzene rings is 2. The van der Waals surface area contributed by atoms with E-state index in [1.165, 1.54) is 0 Å². The minimum Gasteiger partial charge on any atom is -0.493 e. The van der Waals surface area contributed by atoms with Crippen LogP contribution in [0, 0.1) is 5.92 Å². The maximum absolute atomic E-state index is 12.6. The smallest absolute Gasteiger partial charge is 0.159 e. The van der Waals surface area contributed by atoms with Gasteiger partial charge in [-0.2, -0.15) is 0 Å². The van der Waals surface area contributed by atoms with Crippen molar-refractivity contribution in [3.8, 4) is 5.75 Å². The molecule has 2 heteroatoms. The molecule has 0 amide bonds. The van der Waals surface area contributed by atoms with Crippen molar-refractivity contribution < 1.29 is 9.53 Å². The van der Waals surface area contributed by atoms with E-state index in [2.05, 4.69) is 24.3 Å². The van der Waals surface area contributed by atoms with Gasteiger partial charge in [0, 0.05) is 29.4 Å². The highest BCUT2D eigenvalue weighted by Gasteiger charge is 2.39. The minimum absolute atomic E-state index is 0.173. The third kappa shape index (κ3) is 2.25.